The molecule has 0 saturated carbocycles. The van der Waals surface area contributed by atoms with E-state index in [2.05, 4.69) is 0 Å². The molecule has 2 N–H and O–H groups in total. The van der Waals surface area contributed by atoms with Crippen molar-refractivity contribution in [3.63, 3.8) is 0 Å². The van der Waals surface area contributed by atoms with Gasteiger partial charge in [-0.1, -0.05) is 21.9 Å². The normalized spacial score (nSPS) is 18.5. The smallest absolute Gasteiger partial charge is 0.340 e. The van der Waals surface area contributed by atoms with E-state index >= 15 is 70.2 Å². The fourth-order valence-electron chi connectivity index (χ4n) is 5.96. The summed E-state index contributed by atoms with van der Waals surface area (Å²) >= 11 is -7.16. The third-order valence-electron chi connectivity index (χ3n) is 8.74. The van der Waals surface area contributed by atoms with E-state index in [1.54, 1.807) is 9.27 Å². The van der Waals surface area contributed by atoms with Crippen molar-refractivity contribution < 1.29 is 96.0 Å². The van der Waals surface area contributed by atoms with Gasteiger partial charge in [-0.3, -0.25) is 0 Å². The van der Waals surface area contributed by atoms with Gasteiger partial charge in [0.1, 0.15) is 46.5 Å². The van der Waals surface area contributed by atoms with Gasteiger partial charge in [0.15, 0.2) is 102 Å². The van der Waals surface area contributed by atoms with Gasteiger partial charge >= 0.3 is 13.0 Å². The predicted molar refractivity (Wildman–Crippen MR) is 178 cm³/mol. The number of hydrogen-bond donors (Lipinski definition) is 2. The van der Waals surface area contributed by atoms with E-state index < -0.39 is 183 Å². The van der Waals surface area contributed by atoms with Crippen LogP contribution >= 0.6 is 0 Å². The SMILES string of the molecule is CC(C)(C)[S+]1N[B-](c2c(F)c(F)c(F)c(F)c2F)(c2c(F)c(F)c(F)c(F)c2F)O[S+](C(C)(C)C)N[B-](c2c(F)c(F)c(F)c(F)c2F)(c2c(F)c(F)c(F)c(F)c2F)O1. The van der Waals surface area contributed by atoms with Gasteiger partial charge in [-0.05, 0) is 41.5 Å². The molecule has 2 unspecified atom stereocenters. The molecule has 1 heterocycles. The van der Waals surface area contributed by atoms with E-state index in [0.717, 1.165) is 41.5 Å². The third kappa shape index (κ3) is 6.97. The fraction of sp³-hybridized carbons (Fsp3) is 0.250. The van der Waals surface area contributed by atoms with Crippen LogP contribution in [0.4, 0.5) is 87.8 Å². The summed E-state index contributed by atoms with van der Waals surface area (Å²) in [6.07, 6.45) is 0. The van der Waals surface area contributed by atoms with E-state index in [9.17, 15) is 17.6 Å². The largest absolute Gasteiger partial charge is 0.354 e. The summed E-state index contributed by atoms with van der Waals surface area (Å²) in [6, 6.07) is 0. The Balaban J connectivity index is 2.14. The minimum atomic E-state index is -5.75. The highest BCUT2D eigenvalue weighted by molar-refractivity contribution is 7.98. The molecule has 0 radical (unpaired) electrons. The summed E-state index contributed by atoms with van der Waals surface area (Å²) in [6.45, 7) is -6.90. The molecule has 0 amide bonds. The first kappa shape index (κ1) is 47.2. The summed E-state index contributed by atoms with van der Waals surface area (Å²) in [4.78, 5) is 0. The average molecular weight is 930 g/mol. The van der Waals surface area contributed by atoms with Gasteiger partial charge < -0.3 is 8.20 Å². The molecule has 1 aliphatic heterocycles. The van der Waals surface area contributed by atoms with Crippen molar-refractivity contribution in [2.45, 2.75) is 51.0 Å². The minimum Gasteiger partial charge on any atom is -0.340 e. The number of rotatable bonds is 4. The van der Waals surface area contributed by atoms with E-state index in [0.29, 0.717) is 0 Å². The summed E-state index contributed by atoms with van der Waals surface area (Å²) in [5, 5.41) is 0. The molecule has 0 aromatic heterocycles. The molecule has 328 valence electrons. The maximum atomic E-state index is 16.1. The number of halogens is 20. The molecule has 1 fully saturated rings. The second-order valence-corrected chi connectivity index (χ2v) is 19.1. The molecule has 2 atom stereocenters. The second kappa shape index (κ2) is 15.5. The summed E-state index contributed by atoms with van der Waals surface area (Å²) in [5.41, 5.74) is -10.5. The maximum absolute atomic E-state index is 16.1. The van der Waals surface area contributed by atoms with Crippen molar-refractivity contribution in [1.29, 1.82) is 0 Å². The zero-order valence-electron chi connectivity index (χ0n) is 30.3. The fourth-order valence-corrected chi connectivity index (χ4v) is 9.71. The molecule has 28 heteroatoms. The van der Waals surface area contributed by atoms with Crippen LogP contribution in [0.5, 0.6) is 0 Å². The van der Waals surface area contributed by atoms with Crippen molar-refractivity contribution >= 4 is 57.5 Å². The van der Waals surface area contributed by atoms with Gasteiger partial charge in [-0.25, -0.2) is 97.1 Å². The topological polar surface area (TPSA) is 42.5 Å². The Bertz CT molecular complexity index is 2040. The van der Waals surface area contributed by atoms with E-state index in [4.69, 9.17) is 8.20 Å². The number of nitrogens with one attached hydrogen (secondary N) is 2. The van der Waals surface area contributed by atoms with Crippen molar-refractivity contribution in [3.8, 4) is 0 Å². The summed E-state index contributed by atoms with van der Waals surface area (Å²) < 4.78 is 317. The van der Waals surface area contributed by atoms with Crippen molar-refractivity contribution in [1.82, 2.24) is 9.27 Å². The van der Waals surface area contributed by atoms with Crippen LogP contribution in [0.1, 0.15) is 41.5 Å². The van der Waals surface area contributed by atoms with Gasteiger partial charge in [0.2, 0.25) is 0 Å². The molecule has 4 nitrogen and oxygen atoms in total. The molecule has 0 aliphatic carbocycles. The Morgan fingerprint density at radius 2 is 0.417 bits per heavy atom. The maximum Gasteiger partial charge on any atom is 0.354 e. The monoisotopic (exact) mass is 930 g/mol. The predicted octanol–water partition coefficient (Wildman–Crippen LogP) is 7.00. The first-order valence-electron chi connectivity index (χ1n) is 16.1. The lowest BCUT2D eigenvalue weighted by molar-refractivity contribution is 0.376. The highest BCUT2D eigenvalue weighted by atomic mass is 32.2. The minimum absolute atomic E-state index is 0.768. The summed E-state index contributed by atoms with van der Waals surface area (Å²) in [7, 11) is 0. The van der Waals surface area contributed by atoms with Crippen molar-refractivity contribution in [3.05, 3.63) is 116 Å². The zero-order chi connectivity index (χ0) is 45.8. The first-order chi connectivity index (χ1) is 27.3. The zero-order valence-corrected chi connectivity index (χ0v) is 32.0. The number of benzene rings is 4. The van der Waals surface area contributed by atoms with Crippen molar-refractivity contribution in [2.75, 3.05) is 0 Å². The van der Waals surface area contributed by atoms with Gasteiger partial charge in [0.05, 0.1) is 0 Å². The molecule has 4 aromatic rings. The lowest BCUT2D eigenvalue weighted by atomic mass is 9.42. The van der Waals surface area contributed by atoms with Crippen LogP contribution in [-0.2, 0) is 30.9 Å². The molecular formula is C32H20B2F20N2O2S2. The van der Waals surface area contributed by atoms with Crippen LogP contribution in [0.3, 0.4) is 0 Å². The number of hydrogen-bond acceptors (Lipinski definition) is 4. The van der Waals surface area contributed by atoms with Gasteiger partial charge in [0, 0.05) is 0 Å². The average Bonchev–Trinajstić information content (AvgIpc) is 3.15. The van der Waals surface area contributed by atoms with E-state index in [1.807, 2.05) is 0 Å². The second-order valence-electron chi connectivity index (χ2n) is 14.7. The Labute approximate surface area is 329 Å². The first-order valence-corrected chi connectivity index (χ1v) is 18.4. The van der Waals surface area contributed by atoms with Gasteiger partial charge in [0.25, 0.3) is 0 Å². The standard InChI is InChI=1S/C32H20B2F20N2O2S2/c1-31(2,3)59-55-33(7-11(35)19(43)27(51)20(44)12(7)36,8-13(37)21(45)28(52)22(46)14(8)38)58-60(32(4,5)6)56-34(57-59,9-15(39)23(47)29(53)24(48)16(9)40)10-17(41)25(49)30(54)26(50)18(10)42/h55-56H,1-6H3. The van der Waals surface area contributed by atoms with Crippen molar-refractivity contribution in [2.24, 2.45) is 0 Å². The quantitative estimate of drug-likeness (QED) is 0.0762. The highest BCUT2D eigenvalue weighted by Gasteiger charge is 2.64. The molecule has 0 bridgehead atoms. The van der Waals surface area contributed by atoms with E-state index in [-0.39, 0.29) is 0 Å². The van der Waals surface area contributed by atoms with Crippen LogP contribution in [0, 0.1) is 116 Å². The van der Waals surface area contributed by atoms with Crippen LogP contribution in [0.15, 0.2) is 0 Å². The third-order valence-corrected chi connectivity index (χ3v) is 13.0. The van der Waals surface area contributed by atoms with Gasteiger partial charge in [-0.15, -0.1) is 0 Å². The Kier molecular flexibility index (Phi) is 12.2. The van der Waals surface area contributed by atoms with E-state index in [1.165, 1.54) is 0 Å². The van der Waals surface area contributed by atoms with Crippen LogP contribution in [0.2, 0.25) is 0 Å². The molecule has 5 rings (SSSR count). The Morgan fingerprint density at radius 1 is 0.283 bits per heavy atom. The molecule has 0 spiro atoms. The Morgan fingerprint density at radius 3 is 0.550 bits per heavy atom. The lowest BCUT2D eigenvalue weighted by Gasteiger charge is -2.50. The highest BCUT2D eigenvalue weighted by Crippen LogP contribution is 2.36. The molecular weight excluding hydrogens is 910 g/mol. The molecule has 1 aliphatic rings. The Hall–Kier alpha value is -3.85. The van der Waals surface area contributed by atoms with Crippen LogP contribution in [-0.4, -0.2) is 22.5 Å². The van der Waals surface area contributed by atoms with Crippen LogP contribution < -0.4 is 31.1 Å². The molecule has 60 heavy (non-hydrogen) atoms. The molecule has 1 saturated heterocycles. The molecule has 4 aromatic carbocycles. The summed E-state index contributed by atoms with van der Waals surface area (Å²) in [5.74, 6) is -61.0. The lowest BCUT2D eigenvalue weighted by Crippen LogP contribution is -2.85. The van der Waals surface area contributed by atoms with Gasteiger partial charge in [-0.2, -0.15) is 0 Å². The van der Waals surface area contributed by atoms with Crippen LogP contribution in [0.25, 0.3) is 0 Å².